The first-order valence-corrected chi connectivity index (χ1v) is 13.8. The highest BCUT2D eigenvalue weighted by molar-refractivity contribution is 6.09. The maximum atomic E-state index is 9.59. The molecule has 1 saturated heterocycles. The van der Waals surface area contributed by atoms with Crippen molar-refractivity contribution in [2.45, 2.75) is 78.6 Å². The molecule has 2 heterocycles. The normalized spacial score (nSPS) is 21.3. The molecule has 1 aromatic carbocycles. The van der Waals surface area contributed by atoms with E-state index in [0.717, 1.165) is 63.4 Å². The van der Waals surface area contributed by atoms with Gasteiger partial charge in [-0.2, -0.15) is 5.26 Å². The summed E-state index contributed by atoms with van der Waals surface area (Å²) in [5.74, 6) is 0. The molecule has 1 aromatic rings. The van der Waals surface area contributed by atoms with E-state index in [1.54, 1.807) is 6.08 Å². The summed E-state index contributed by atoms with van der Waals surface area (Å²) >= 11 is 0. The Morgan fingerprint density at radius 1 is 1.22 bits per heavy atom. The highest BCUT2D eigenvalue weighted by Gasteiger charge is 2.51. The SMILES string of the molecule is C/C(=C\C(=N/C(C)N)c1ccc2c(c1)CN(C1(CC(C)(C)C#N)CC1)CC2)N1CCN(C)CC1.C=CC. The van der Waals surface area contributed by atoms with E-state index in [1.165, 1.54) is 29.7 Å². The van der Waals surface area contributed by atoms with Crippen LogP contribution in [0.3, 0.4) is 0 Å². The highest BCUT2D eigenvalue weighted by atomic mass is 15.3. The molecule has 2 aliphatic heterocycles. The average Bonchev–Trinajstić information content (AvgIpc) is 3.63. The molecule has 2 fully saturated rings. The molecular formula is C31H48N6. The molecule has 3 aliphatic rings. The van der Waals surface area contributed by atoms with Gasteiger partial charge in [-0.05, 0) is 90.6 Å². The first kappa shape index (κ1) is 29.1. The zero-order valence-electron chi connectivity index (χ0n) is 24.1. The molecule has 2 N–H and O–H groups in total. The third kappa shape index (κ3) is 7.77. The third-order valence-corrected chi connectivity index (χ3v) is 7.78. The lowest BCUT2D eigenvalue weighted by atomic mass is 9.84. The molecule has 1 atom stereocenters. The number of allylic oxidation sites excluding steroid dienone is 3. The molecule has 1 unspecified atom stereocenters. The first-order valence-electron chi connectivity index (χ1n) is 13.8. The molecular weight excluding hydrogens is 456 g/mol. The lowest BCUT2D eigenvalue weighted by molar-refractivity contribution is 0.125. The summed E-state index contributed by atoms with van der Waals surface area (Å²) in [7, 11) is 2.18. The highest BCUT2D eigenvalue weighted by Crippen LogP contribution is 2.50. The number of likely N-dealkylation sites (N-methyl/N-ethyl adjacent to an activating group) is 1. The van der Waals surface area contributed by atoms with Gasteiger partial charge in [0.25, 0.3) is 0 Å². The Hall–Kier alpha value is -2.46. The van der Waals surface area contributed by atoms with Crippen LogP contribution in [-0.2, 0) is 13.0 Å². The van der Waals surface area contributed by atoms with Gasteiger partial charge in [0.15, 0.2) is 0 Å². The van der Waals surface area contributed by atoms with Crippen LogP contribution >= 0.6 is 0 Å². The zero-order valence-corrected chi connectivity index (χ0v) is 24.1. The molecule has 202 valence electrons. The zero-order chi connectivity index (χ0) is 27.2. The van der Waals surface area contributed by atoms with Gasteiger partial charge in [0.1, 0.15) is 0 Å². The van der Waals surface area contributed by atoms with Gasteiger partial charge < -0.3 is 15.5 Å². The van der Waals surface area contributed by atoms with Crippen molar-refractivity contribution >= 4 is 5.71 Å². The lowest BCUT2D eigenvalue weighted by Gasteiger charge is -2.38. The van der Waals surface area contributed by atoms with E-state index < -0.39 is 0 Å². The van der Waals surface area contributed by atoms with Gasteiger partial charge in [0, 0.05) is 56.1 Å². The van der Waals surface area contributed by atoms with Crippen LogP contribution in [0.5, 0.6) is 0 Å². The monoisotopic (exact) mass is 504 g/mol. The van der Waals surface area contributed by atoms with Crippen LogP contribution in [0.4, 0.5) is 0 Å². The maximum Gasteiger partial charge on any atom is 0.0948 e. The topological polar surface area (TPSA) is 71.9 Å². The summed E-state index contributed by atoms with van der Waals surface area (Å²) < 4.78 is 0. The van der Waals surface area contributed by atoms with Crippen LogP contribution in [0.1, 0.15) is 70.6 Å². The van der Waals surface area contributed by atoms with Crippen molar-refractivity contribution in [1.82, 2.24) is 14.7 Å². The van der Waals surface area contributed by atoms with Crippen molar-refractivity contribution < 1.29 is 0 Å². The number of benzene rings is 1. The predicted molar refractivity (Wildman–Crippen MR) is 155 cm³/mol. The largest absolute Gasteiger partial charge is 0.372 e. The number of nitriles is 1. The van der Waals surface area contributed by atoms with Crippen LogP contribution in [-0.4, -0.2) is 71.9 Å². The Morgan fingerprint density at radius 3 is 2.43 bits per heavy atom. The minimum absolute atomic E-state index is 0.202. The van der Waals surface area contributed by atoms with Crippen LogP contribution in [0.25, 0.3) is 0 Å². The maximum absolute atomic E-state index is 9.59. The summed E-state index contributed by atoms with van der Waals surface area (Å²) in [6, 6.07) is 9.36. The molecule has 6 heteroatoms. The Kier molecular flexibility index (Phi) is 9.74. The molecule has 0 bridgehead atoms. The van der Waals surface area contributed by atoms with E-state index in [-0.39, 0.29) is 17.1 Å². The number of nitrogens with two attached hydrogens (primary N) is 1. The number of aliphatic imine (C=N–C) groups is 1. The standard InChI is InChI=1S/C28H42N6.C3H6/c1-21(33-14-12-32(5)13-15-33)16-26(31-22(2)30)24-7-6-23-8-11-34(18-25(23)17-24)28(9-10-28)19-27(3,4)20-29;1-3-2/h6-7,16-17,22H,8-15,18-19,30H2,1-5H3;3H,1H2,2H3/b21-16+,31-26+;. The molecule has 0 spiro atoms. The van der Waals surface area contributed by atoms with Crippen LogP contribution in [0.15, 0.2) is 47.6 Å². The van der Waals surface area contributed by atoms with Crippen molar-refractivity contribution in [2.75, 3.05) is 39.8 Å². The summed E-state index contributed by atoms with van der Waals surface area (Å²) in [6.07, 6.45) is 8.15. The number of hydrogen-bond donors (Lipinski definition) is 1. The van der Waals surface area contributed by atoms with Crippen molar-refractivity contribution in [3.05, 3.63) is 59.3 Å². The number of fused-ring (bicyclic) bond motifs is 1. The summed E-state index contributed by atoms with van der Waals surface area (Å²) in [5.41, 5.74) is 12.3. The predicted octanol–water partition coefficient (Wildman–Crippen LogP) is 4.95. The summed E-state index contributed by atoms with van der Waals surface area (Å²) in [4.78, 5) is 12.3. The number of piperazine rings is 1. The van der Waals surface area contributed by atoms with Gasteiger partial charge in [-0.1, -0.05) is 18.2 Å². The van der Waals surface area contributed by atoms with Crippen molar-refractivity contribution in [1.29, 1.82) is 5.26 Å². The number of nitrogens with zero attached hydrogens (tertiary/aromatic N) is 5. The molecule has 6 nitrogen and oxygen atoms in total. The van der Waals surface area contributed by atoms with E-state index >= 15 is 0 Å². The van der Waals surface area contributed by atoms with Crippen molar-refractivity contribution in [2.24, 2.45) is 16.1 Å². The van der Waals surface area contributed by atoms with Gasteiger partial charge in [0.05, 0.1) is 23.4 Å². The molecule has 0 amide bonds. The molecule has 37 heavy (non-hydrogen) atoms. The van der Waals surface area contributed by atoms with Gasteiger partial charge in [-0.3, -0.25) is 9.89 Å². The molecule has 0 aromatic heterocycles. The molecule has 1 saturated carbocycles. The van der Waals surface area contributed by atoms with Crippen molar-refractivity contribution in [3.63, 3.8) is 0 Å². The van der Waals surface area contributed by atoms with Gasteiger partial charge in [0.2, 0.25) is 0 Å². The van der Waals surface area contributed by atoms with E-state index in [9.17, 15) is 5.26 Å². The quantitative estimate of drug-likeness (QED) is 0.420. The first-order chi connectivity index (χ1) is 17.5. The van der Waals surface area contributed by atoms with Gasteiger partial charge >= 0.3 is 0 Å². The second kappa shape index (κ2) is 12.4. The number of rotatable bonds is 7. The third-order valence-electron chi connectivity index (χ3n) is 7.78. The molecule has 0 radical (unpaired) electrons. The lowest BCUT2D eigenvalue weighted by Crippen LogP contribution is -2.43. The van der Waals surface area contributed by atoms with E-state index in [4.69, 9.17) is 10.7 Å². The second-order valence-electron chi connectivity index (χ2n) is 11.8. The fourth-order valence-electron chi connectivity index (χ4n) is 5.60. The van der Waals surface area contributed by atoms with Crippen LogP contribution in [0, 0.1) is 16.7 Å². The Morgan fingerprint density at radius 2 is 1.86 bits per heavy atom. The molecule has 4 rings (SSSR count). The minimum atomic E-state index is -0.276. The summed E-state index contributed by atoms with van der Waals surface area (Å²) in [5, 5.41) is 9.59. The number of hydrogen-bond acceptors (Lipinski definition) is 6. The Balaban J connectivity index is 0.00000121. The minimum Gasteiger partial charge on any atom is -0.372 e. The fourth-order valence-corrected chi connectivity index (χ4v) is 5.60. The smallest absolute Gasteiger partial charge is 0.0948 e. The van der Waals surface area contributed by atoms with Gasteiger partial charge in [-0.25, -0.2) is 0 Å². The van der Waals surface area contributed by atoms with Crippen molar-refractivity contribution in [3.8, 4) is 6.07 Å². The van der Waals surface area contributed by atoms with Gasteiger partial charge in [-0.15, -0.1) is 6.58 Å². The van der Waals surface area contributed by atoms with Crippen LogP contribution < -0.4 is 5.73 Å². The fraction of sp³-hybridized carbons (Fsp3) is 0.613. The van der Waals surface area contributed by atoms with Crippen LogP contribution in [0.2, 0.25) is 0 Å². The Bertz CT molecular complexity index is 1030. The van der Waals surface area contributed by atoms with E-state index in [1.807, 2.05) is 13.8 Å². The second-order valence-corrected chi connectivity index (χ2v) is 11.8. The summed E-state index contributed by atoms with van der Waals surface area (Å²) in [6.45, 7) is 19.8. The average molecular weight is 505 g/mol. The molecule has 1 aliphatic carbocycles. The van der Waals surface area contributed by atoms with E-state index in [0.29, 0.717) is 0 Å². The Labute approximate surface area is 225 Å². The van der Waals surface area contributed by atoms with E-state index in [2.05, 4.69) is 79.4 Å².